The molecule has 0 atom stereocenters. The van der Waals surface area contributed by atoms with Crippen molar-refractivity contribution < 1.29 is 0 Å². The predicted molar refractivity (Wildman–Crippen MR) is 68.9 cm³/mol. The summed E-state index contributed by atoms with van der Waals surface area (Å²) in [7, 11) is 1.93. The van der Waals surface area contributed by atoms with E-state index in [4.69, 9.17) is 0 Å². The first-order valence-corrected chi connectivity index (χ1v) is 5.49. The fourth-order valence-corrected chi connectivity index (χ4v) is 1.49. The second kappa shape index (κ2) is 5.49. The zero-order chi connectivity index (χ0) is 11.3. The van der Waals surface area contributed by atoms with Gasteiger partial charge in [0.1, 0.15) is 0 Å². The van der Waals surface area contributed by atoms with Crippen molar-refractivity contribution in [2.45, 2.75) is 26.8 Å². The normalized spacial score (nSPS) is 10.2. The average molecular weight is 207 g/mol. The molecule has 3 N–H and O–H groups in total. The van der Waals surface area contributed by atoms with Crippen LogP contribution >= 0.6 is 0 Å². The summed E-state index contributed by atoms with van der Waals surface area (Å²) in [6.45, 7) is 7.31. The lowest BCUT2D eigenvalue weighted by Gasteiger charge is -2.14. The molecule has 0 amide bonds. The molecule has 0 fully saturated rings. The third-order valence-electron chi connectivity index (χ3n) is 2.06. The van der Waals surface area contributed by atoms with E-state index in [-0.39, 0.29) is 0 Å². The lowest BCUT2D eigenvalue weighted by atomic mass is 10.2. The summed E-state index contributed by atoms with van der Waals surface area (Å²) in [5.41, 5.74) is 3.41. The zero-order valence-electron chi connectivity index (χ0n) is 10.0. The van der Waals surface area contributed by atoms with Gasteiger partial charge in [0.25, 0.3) is 0 Å². The standard InChI is InChI=1S/C12H21N3/c1-5-14-11-6-10(13-4)7-12(8-11)15-9(2)3/h6-9,13-15H,5H2,1-4H3. The molecular formula is C12H21N3. The highest BCUT2D eigenvalue weighted by Crippen LogP contribution is 2.22. The van der Waals surface area contributed by atoms with Gasteiger partial charge in [0, 0.05) is 36.7 Å². The van der Waals surface area contributed by atoms with Gasteiger partial charge in [-0.15, -0.1) is 0 Å². The van der Waals surface area contributed by atoms with Crippen molar-refractivity contribution in [3.8, 4) is 0 Å². The first-order chi connectivity index (χ1) is 7.15. The van der Waals surface area contributed by atoms with Crippen molar-refractivity contribution in [2.75, 3.05) is 29.5 Å². The van der Waals surface area contributed by atoms with Crippen LogP contribution in [0.4, 0.5) is 17.1 Å². The summed E-state index contributed by atoms with van der Waals surface area (Å²) in [4.78, 5) is 0. The molecule has 0 aliphatic heterocycles. The Morgan fingerprint density at radius 2 is 1.67 bits per heavy atom. The highest BCUT2D eigenvalue weighted by molar-refractivity contribution is 5.67. The molecule has 0 aliphatic rings. The molecule has 0 bridgehead atoms. The van der Waals surface area contributed by atoms with Crippen molar-refractivity contribution >= 4 is 17.1 Å². The Hall–Kier alpha value is -1.38. The second-order valence-electron chi connectivity index (χ2n) is 3.88. The van der Waals surface area contributed by atoms with Crippen molar-refractivity contribution in [1.29, 1.82) is 0 Å². The van der Waals surface area contributed by atoms with Crippen LogP contribution in [0.25, 0.3) is 0 Å². The fourth-order valence-electron chi connectivity index (χ4n) is 1.49. The Balaban J connectivity index is 2.89. The zero-order valence-corrected chi connectivity index (χ0v) is 10.0. The van der Waals surface area contributed by atoms with Gasteiger partial charge < -0.3 is 16.0 Å². The third-order valence-corrected chi connectivity index (χ3v) is 2.06. The lowest BCUT2D eigenvalue weighted by molar-refractivity contribution is 0.900. The predicted octanol–water partition coefficient (Wildman–Crippen LogP) is 2.98. The summed E-state index contributed by atoms with van der Waals surface area (Å²) < 4.78 is 0. The van der Waals surface area contributed by atoms with Crippen LogP contribution in [0.3, 0.4) is 0 Å². The monoisotopic (exact) mass is 207 g/mol. The Labute approximate surface area is 92.3 Å². The van der Waals surface area contributed by atoms with Crippen LogP contribution in [0.1, 0.15) is 20.8 Å². The molecule has 0 radical (unpaired) electrons. The maximum absolute atomic E-state index is 3.40. The van der Waals surface area contributed by atoms with Crippen LogP contribution in [-0.4, -0.2) is 19.6 Å². The molecule has 0 heterocycles. The molecule has 0 aromatic heterocycles. The van der Waals surface area contributed by atoms with Crippen molar-refractivity contribution in [1.82, 2.24) is 0 Å². The Morgan fingerprint density at radius 1 is 1.07 bits per heavy atom. The average Bonchev–Trinajstić information content (AvgIpc) is 2.16. The largest absolute Gasteiger partial charge is 0.388 e. The van der Waals surface area contributed by atoms with E-state index < -0.39 is 0 Å². The van der Waals surface area contributed by atoms with E-state index in [1.54, 1.807) is 0 Å². The third kappa shape index (κ3) is 3.70. The maximum atomic E-state index is 3.40. The van der Waals surface area contributed by atoms with Gasteiger partial charge in [-0.05, 0) is 39.0 Å². The van der Waals surface area contributed by atoms with Gasteiger partial charge in [0.05, 0.1) is 0 Å². The molecule has 1 aromatic rings. The summed E-state index contributed by atoms with van der Waals surface area (Å²) in [6.07, 6.45) is 0. The van der Waals surface area contributed by atoms with Gasteiger partial charge in [-0.2, -0.15) is 0 Å². The van der Waals surface area contributed by atoms with Crippen LogP contribution < -0.4 is 16.0 Å². The number of benzene rings is 1. The quantitative estimate of drug-likeness (QED) is 0.694. The number of hydrogen-bond acceptors (Lipinski definition) is 3. The maximum Gasteiger partial charge on any atom is 0.0383 e. The van der Waals surface area contributed by atoms with Gasteiger partial charge >= 0.3 is 0 Å². The summed E-state index contributed by atoms with van der Waals surface area (Å²) in [6, 6.07) is 6.80. The molecular weight excluding hydrogens is 186 g/mol. The van der Waals surface area contributed by atoms with Gasteiger partial charge in [0.15, 0.2) is 0 Å². The lowest BCUT2D eigenvalue weighted by Crippen LogP contribution is -2.10. The summed E-state index contributed by atoms with van der Waals surface area (Å²) >= 11 is 0. The first kappa shape index (κ1) is 11.7. The summed E-state index contributed by atoms with van der Waals surface area (Å²) in [5, 5.41) is 9.87. The first-order valence-electron chi connectivity index (χ1n) is 5.49. The molecule has 15 heavy (non-hydrogen) atoms. The number of anilines is 3. The van der Waals surface area contributed by atoms with Crippen LogP contribution in [0.2, 0.25) is 0 Å². The van der Waals surface area contributed by atoms with Crippen molar-refractivity contribution in [3.05, 3.63) is 18.2 Å². The minimum Gasteiger partial charge on any atom is -0.388 e. The fraction of sp³-hybridized carbons (Fsp3) is 0.500. The van der Waals surface area contributed by atoms with Gasteiger partial charge in [-0.1, -0.05) is 0 Å². The van der Waals surface area contributed by atoms with Gasteiger partial charge in [-0.3, -0.25) is 0 Å². The second-order valence-corrected chi connectivity index (χ2v) is 3.88. The van der Waals surface area contributed by atoms with Crippen LogP contribution in [0, 0.1) is 0 Å². The highest BCUT2D eigenvalue weighted by atomic mass is 14.9. The van der Waals surface area contributed by atoms with Crippen LogP contribution in [0.15, 0.2) is 18.2 Å². The number of hydrogen-bond donors (Lipinski definition) is 3. The van der Waals surface area contributed by atoms with Gasteiger partial charge in [-0.25, -0.2) is 0 Å². The molecule has 0 aliphatic carbocycles. The van der Waals surface area contributed by atoms with E-state index in [0.29, 0.717) is 6.04 Å². The summed E-state index contributed by atoms with van der Waals surface area (Å²) in [5.74, 6) is 0. The van der Waals surface area contributed by atoms with E-state index in [0.717, 1.165) is 23.6 Å². The minimum atomic E-state index is 0.451. The van der Waals surface area contributed by atoms with E-state index in [1.807, 2.05) is 7.05 Å². The molecule has 3 heteroatoms. The Bertz CT molecular complexity index is 308. The molecule has 0 saturated heterocycles. The topological polar surface area (TPSA) is 36.1 Å². The molecule has 84 valence electrons. The number of nitrogens with one attached hydrogen (secondary N) is 3. The molecule has 0 spiro atoms. The highest BCUT2D eigenvalue weighted by Gasteiger charge is 2.00. The Morgan fingerprint density at radius 3 is 2.20 bits per heavy atom. The molecule has 1 aromatic carbocycles. The Kier molecular flexibility index (Phi) is 4.28. The molecule has 0 saturated carbocycles. The van der Waals surface area contributed by atoms with Crippen molar-refractivity contribution in [3.63, 3.8) is 0 Å². The van der Waals surface area contributed by atoms with Gasteiger partial charge in [0.2, 0.25) is 0 Å². The van der Waals surface area contributed by atoms with E-state index >= 15 is 0 Å². The van der Waals surface area contributed by atoms with E-state index in [2.05, 4.69) is 54.9 Å². The minimum absolute atomic E-state index is 0.451. The van der Waals surface area contributed by atoms with E-state index in [9.17, 15) is 0 Å². The van der Waals surface area contributed by atoms with Crippen molar-refractivity contribution in [2.24, 2.45) is 0 Å². The van der Waals surface area contributed by atoms with Crippen LogP contribution in [-0.2, 0) is 0 Å². The molecule has 0 unspecified atom stereocenters. The van der Waals surface area contributed by atoms with Crippen LogP contribution in [0.5, 0.6) is 0 Å². The SMILES string of the molecule is CCNc1cc(NC)cc(NC(C)C)c1. The number of rotatable bonds is 5. The molecule has 1 rings (SSSR count). The van der Waals surface area contributed by atoms with E-state index in [1.165, 1.54) is 0 Å². The molecule has 3 nitrogen and oxygen atoms in total. The smallest absolute Gasteiger partial charge is 0.0383 e.